The van der Waals surface area contributed by atoms with Crippen molar-refractivity contribution in [2.24, 2.45) is 0 Å². The van der Waals surface area contributed by atoms with Gasteiger partial charge >= 0.3 is 0 Å². The molecule has 0 radical (unpaired) electrons. The lowest BCUT2D eigenvalue weighted by molar-refractivity contribution is 0.0976. The standard InChI is InChI=1S/C18H21N3O3/c1-13-5-7-16-14(12-13)4-3-9-20(16)18(23)15-6-8-17(22)21(19-15)10-11-24-2/h5-8,12H,3-4,9-11H2,1-2H3. The zero-order chi connectivity index (χ0) is 17.1. The number of hydrogen-bond donors (Lipinski definition) is 0. The average Bonchev–Trinajstić information content (AvgIpc) is 2.59. The Labute approximate surface area is 140 Å². The number of methoxy groups -OCH3 is 1. The topological polar surface area (TPSA) is 64.4 Å². The summed E-state index contributed by atoms with van der Waals surface area (Å²) in [7, 11) is 1.56. The van der Waals surface area contributed by atoms with Gasteiger partial charge in [0.05, 0.1) is 13.2 Å². The molecule has 0 aliphatic carbocycles. The van der Waals surface area contributed by atoms with E-state index in [1.165, 1.54) is 27.9 Å². The van der Waals surface area contributed by atoms with E-state index in [1.807, 2.05) is 19.1 Å². The molecule has 2 aromatic rings. The molecule has 126 valence electrons. The highest BCUT2D eigenvalue weighted by molar-refractivity contribution is 6.05. The van der Waals surface area contributed by atoms with Gasteiger partial charge < -0.3 is 9.64 Å². The Bertz CT molecular complexity index is 813. The first-order valence-electron chi connectivity index (χ1n) is 8.08. The van der Waals surface area contributed by atoms with E-state index >= 15 is 0 Å². The van der Waals surface area contributed by atoms with Crippen LogP contribution < -0.4 is 10.5 Å². The third-order valence-corrected chi connectivity index (χ3v) is 4.19. The molecule has 6 heteroatoms. The Morgan fingerprint density at radius 3 is 2.92 bits per heavy atom. The number of fused-ring (bicyclic) bond motifs is 1. The number of rotatable bonds is 4. The van der Waals surface area contributed by atoms with Gasteiger partial charge in [-0.25, -0.2) is 4.68 Å². The van der Waals surface area contributed by atoms with Crippen LogP contribution in [0.1, 0.15) is 28.0 Å². The molecular weight excluding hydrogens is 306 g/mol. The summed E-state index contributed by atoms with van der Waals surface area (Å²) >= 11 is 0. The summed E-state index contributed by atoms with van der Waals surface area (Å²) in [6.07, 6.45) is 1.90. The molecule has 0 unspecified atom stereocenters. The van der Waals surface area contributed by atoms with Crippen molar-refractivity contribution in [2.75, 3.05) is 25.2 Å². The molecule has 0 fully saturated rings. The maximum absolute atomic E-state index is 12.9. The lowest BCUT2D eigenvalue weighted by Gasteiger charge is -2.29. The third-order valence-electron chi connectivity index (χ3n) is 4.19. The van der Waals surface area contributed by atoms with Crippen molar-refractivity contribution in [3.05, 3.63) is 57.5 Å². The maximum atomic E-state index is 12.9. The SMILES string of the molecule is COCCn1nc(C(=O)N2CCCc3cc(C)ccc32)ccc1=O. The zero-order valence-electron chi connectivity index (χ0n) is 14.0. The molecule has 0 saturated carbocycles. The van der Waals surface area contributed by atoms with Crippen LogP contribution in [0.3, 0.4) is 0 Å². The fourth-order valence-electron chi connectivity index (χ4n) is 2.98. The Balaban J connectivity index is 1.92. The van der Waals surface area contributed by atoms with Gasteiger partial charge in [-0.3, -0.25) is 9.59 Å². The van der Waals surface area contributed by atoms with Crippen LogP contribution in [-0.2, 0) is 17.7 Å². The molecule has 3 rings (SSSR count). The second-order valence-electron chi connectivity index (χ2n) is 5.97. The smallest absolute Gasteiger partial charge is 0.278 e. The van der Waals surface area contributed by atoms with Crippen LogP contribution in [0.25, 0.3) is 0 Å². The summed E-state index contributed by atoms with van der Waals surface area (Å²) in [5.41, 5.74) is 3.35. The molecule has 0 N–H and O–H groups in total. The number of aromatic nitrogens is 2. The third kappa shape index (κ3) is 3.23. The number of carbonyl (C=O) groups is 1. The van der Waals surface area contributed by atoms with Gasteiger partial charge in [-0.05, 0) is 37.5 Å². The first-order valence-corrected chi connectivity index (χ1v) is 8.08. The van der Waals surface area contributed by atoms with Gasteiger partial charge in [0.1, 0.15) is 5.69 Å². The summed E-state index contributed by atoms with van der Waals surface area (Å²) in [4.78, 5) is 26.5. The van der Waals surface area contributed by atoms with E-state index in [4.69, 9.17) is 4.74 Å². The maximum Gasteiger partial charge on any atom is 0.278 e. The van der Waals surface area contributed by atoms with Crippen LogP contribution in [0.4, 0.5) is 5.69 Å². The predicted octanol–water partition coefficient (Wildman–Crippen LogP) is 1.79. The second-order valence-corrected chi connectivity index (χ2v) is 5.97. The highest BCUT2D eigenvalue weighted by atomic mass is 16.5. The minimum atomic E-state index is -0.238. The van der Waals surface area contributed by atoms with E-state index in [-0.39, 0.29) is 17.2 Å². The van der Waals surface area contributed by atoms with Gasteiger partial charge in [-0.15, -0.1) is 0 Å². The largest absolute Gasteiger partial charge is 0.383 e. The first-order chi connectivity index (χ1) is 11.6. The Kier molecular flexibility index (Phi) is 4.76. The molecule has 2 heterocycles. The van der Waals surface area contributed by atoms with Crippen molar-refractivity contribution >= 4 is 11.6 Å². The van der Waals surface area contributed by atoms with Crippen molar-refractivity contribution < 1.29 is 9.53 Å². The Morgan fingerprint density at radius 1 is 1.29 bits per heavy atom. The van der Waals surface area contributed by atoms with Crippen molar-refractivity contribution in [3.8, 4) is 0 Å². The van der Waals surface area contributed by atoms with Crippen molar-refractivity contribution in [1.29, 1.82) is 0 Å². The number of benzene rings is 1. The number of carbonyl (C=O) groups excluding carboxylic acids is 1. The summed E-state index contributed by atoms with van der Waals surface area (Å²) in [5, 5.41) is 4.21. The molecule has 1 aliphatic heterocycles. The van der Waals surface area contributed by atoms with Gasteiger partial charge in [-0.1, -0.05) is 17.7 Å². The van der Waals surface area contributed by atoms with E-state index in [2.05, 4.69) is 11.2 Å². The number of anilines is 1. The van der Waals surface area contributed by atoms with E-state index < -0.39 is 0 Å². The van der Waals surface area contributed by atoms with E-state index in [0.29, 0.717) is 19.7 Å². The molecule has 0 bridgehead atoms. The van der Waals surface area contributed by atoms with Crippen LogP contribution in [-0.4, -0.2) is 35.9 Å². The highest BCUT2D eigenvalue weighted by Gasteiger charge is 2.25. The monoisotopic (exact) mass is 327 g/mol. The van der Waals surface area contributed by atoms with Gasteiger partial charge in [-0.2, -0.15) is 5.10 Å². The minimum absolute atomic E-state index is 0.175. The lowest BCUT2D eigenvalue weighted by Crippen LogP contribution is -2.37. The first kappa shape index (κ1) is 16.4. The van der Waals surface area contributed by atoms with Crippen LogP contribution in [0.5, 0.6) is 0 Å². The van der Waals surface area contributed by atoms with Crippen LogP contribution in [0.15, 0.2) is 35.1 Å². The average molecular weight is 327 g/mol. The molecule has 0 spiro atoms. The number of ether oxygens (including phenoxy) is 1. The van der Waals surface area contributed by atoms with Gasteiger partial charge in [0.25, 0.3) is 11.5 Å². The summed E-state index contributed by atoms with van der Waals surface area (Å²) in [6.45, 7) is 3.41. The zero-order valence-corrected chi connectivity index (χ0v) is 14.0. The molecule has 24 heavy (non-hydrogen) atoms. The number of aryl methyl sites for hydroxylation is 2. The fourth-order valence-corrected chi connectivity index (χ4v) is 2.98. The van der Waals surface area contributed by atoms with Gasteiger partial charge in [0.2, 0.25) is 0 Å². The van der Waals surface area contributed by atoms with Crippen LogP contribution in [0.2, 0.25) is 0 Å². The van der Waals surface area contributed by atoms with Crippen molar-refractivity contribution in [3.63, 3.8) is 0 Å². The van der Waals surface area contributed by atoms with Crippen LogP contribution >= 0.6 is 0 Å². The molecule has 1 aliphatic rings. The van der Waals surface area contributed by atoms with Crippen molar-refractivity contribution in [2.45, 2.75) is 26.3 Å². The van der Waals surface area contributed by atoms with Crippen molar-refractivity contribution in [1.82, 2.24) is 9.78 Å². The summed E-state index contributed by atoms with van der Waals surface area (Å²) < 4.78 is 6.25. The summed E-state index contributed by atoms with van der Waals surface area (Å²) in [5.74, 6) is -0.175. The Morgan fingerprint density at radius 2 is 2.12 bits per heavy atom. The predicted molar refractivity (Wildman–Crippen MR) is 91.5 cm³/mol. The lowest BCUT2D eigenvalue weighted by atomic mass is 9.99. The molecule has 1 aromatic carbocycles. The molecule has 1 aromatic heterocycles. The highest BCUT2D eigenvalue weighted by Crippen LogP contribution is 2.28. The van der Waals surface area contributed by atoms with Crippen LogP contribution in [0, 0.1) is 6.92 Å². The van der Waals surface area contributed by atoms with Gasteiger partial charge in [0.15, 0.2) is 0 Å². The van der Waals surface area contributed by atoms with E-state index in [1.54, 1.807) is 12.0 Å². The minimum Gasteiger partial charge on any atom is -0.383 e. The quantitative estimate of drug-likeness (QED) is 0.859. The molecule has 6 nitrogen and oxygen atoms in total. The Hall–Kier alpha value is -2.47. The number of hydrogen-bond acceptors (Lipinski definition) is 4. The molecular formula is C18H21N3O3. The normalized spacial score (nSPS) is 13.7. The number of amides is 1. The van der Waals surface area contributed by atoms with E-state index in [9.17, 15) is 9.59 Å². The second kappa shape index (κ2) is 6.97. The van der Waals surface area contributed by atoms with E-state index in [0.717, 1.165) is 18.5 Å². The fraction of sp³-hybridized carbons (Fsp3) is 0.389. The molecule has 0 atom stereocenters. The van der Waals surface area contributed by atoms with Gasteiger partial charge in [0, 0.05) is 25.4 Å². The number of nitrogens with zero attached hydrogens (tertiary/aromatic N) is 3. The summed E-state index contributed by atoms with van der Waals surface area (Å²) in [6, 6.07) is 9.01. The molecule has 1 amide bonds. The molecule has 0 saturated heterocycles.